The van der Waals surface area contributed by atoms with Crippen LogP contribution in [-0.4, -0.2) is 59.0 Å². The van der Waals surface area contributed by atoms with E-state index in [9.17, 15) is 27.9 Å². The fraction of sp³-hybridized carbons (Fsp3) is 0.250. The van der Waals surface area contributed by atoms with Crippen LogP contribution in [0.5, 0.6) is 0 Å². The Morgan fingerprint density at radius 1 is 1.42 bits per heavy atom. The van der Waals surface area contributed by atoms with E-state index in [0.29, 0.717) is 5.69 Å². The van der Waals surface area contributed by atoms with Crippen molar-refractivity contribution in [2.75, 3.05) is 12.4 Å². The standard InChI is InChI=1S/C16H14N2O7S/c1-9(19)25-7-10-8-26(23,24)15-12(6-11-4-2-3-5-17-11)14(20)18(15)13(10)16(21)22/h2-6,15H,7-8H2,1H3,(H,21,22). The van der Waals surface area contributed by atoms with Gasteiger partial charge in [0, 0.05) is 18.7 Å². The highest BCUT2D eigenvalue weighted by atomic mass is 32.2. The van der Waals surface area contributed by atoms with Gasteiger partial charge in [0.1, 0.15) is 12.3 Å². The summed E-state index contributed by atoms with van der Waals surface area (Å²) in [5.74, 6) is -3.50. The van der Waals surface area contributed by atoms with E-state index < -0.39 is 51.1 Å². The number of sulfone groups is 1. The first-order chi connectivity index (χ1) is 12.2. The number of hydrogen-bond donors (Lipinski definition) is 1. The van der Waals surface area contributed by atoms with Gasteiger partial charge < -0.3 is 9.84 Å². The molecular formula is C16H14N2O7S. The van der Waals surface area contributed by atoms with Crippen molar-refractivity contribution in [3.05, 3.63) is 46.9 Å². The first-order valence-electron chi connectivity index (χ1n) is 7.49. The summed E-state index contributed by atoms with van der Waals surface area (Å²) < 4.78 is 29.9. The van der Waals surface area contributed by atoms with Gasteiger partial charge in [0.2, 0.25) is 0 Å². The van der Waals surface area contributed by atoms with Crippen LogP contribution < -0.4 is 0 Å². The number of fused-ring (bicyclic) bond motifs is 1. The Balaban J connectivity index is 2.04. The summed E-state index contributed by atoms with van der Waals surface area (Å²) in [6.45, 7) is 0.607. The van der Waals surface area contributed by atoms with Crippen LogP contribution in [0.15, 0.2) is 41.2 Å². The molecule has 3 heterocycles. The molecule has 1 atom stereocenters. The number of pyridine rings is 1. The average Bonchev–Trinajstić information content (AvgIpc) is 2.57. The van der Waals surface area contributed by atoms with E-state index >= 15 is 0 Å². The molecule has 1 N–H and O–H groups in total. The second kappa shape index (κ2) is 6.37. The lowest BCUT2D eigenvalue weighted by Gasteiger charge is -2.45. The van der Waals surface area contributed by atoms with E-state index in [1.54, 1.807) is 18.2 Å². The molecule has 3 rings (SSSR count). The van der Waals surface area contributed by atoms with E-state index in [-0.39, 0.29) is 11.1 Å². The molecule has 0 bridgehead atoms. The highest BCUT2D eigenvalue weighted by Gasteiger charge is 2.56. The molecule has 0 spiro atoms. The molecule has 1 saturated heterocycles. The van der Waals surface area contributed by atoms with Gasteiger partial charge >= 0.3 is 11.9 Å². The number of carbonyl (C=O) groups excluding carboxylic acids is 2. The number of ether oxygens (including phenoxy) is 1. The fourth-order valence-electron chi connectivity index (χ4n) is 2.86. The smallest absolute Gasteiger partial charge is 0.352 e. The number of nitrogens with zero attached hydrogens (tertiary/aromatic N) is 2. The Hall–Kier alpha value is -3.01. The van der Waals surface area contributed by atoms with Crippen molar-refractivity contribution in [1.82, 2.24) is 9.88 Å². The molecule has 26 heavy (non-hydrogen) atoms. The minimum Gasteiger partial charge on any atom is -0.477 e. The van der Waals surface area contributed by atoms with Crippen molar-refractivity contribution >= 4 is 33.8 Å². The van der Waals surface area contributed by atoms with Crippen LogP contribution in [0.4, 0.5) is 0 Å². The molecule has 1 aromatic heterocycles. The molecule has 0 aromatic carbocycles. The van der Waals surface area contributed by atoms with Gasteiger partial charge in [-0.3, -0.25) is 19.5 Å². The zero-order valence-corrected chi connectivity index (χ0v) is 14.4. The number of aliphatic carboxylic acids is 1. The van der Waals surface area contributed by atoms with Gasteiger partial charge in [0.15, 0.2) is 15.2 Å². The third kappa shape index (κ3) is 2.99. The summed E-state index contributed by atoms with van der Waals surface area (Å²) in [5.41, 5.74) is -0.269. The maximum Gasteiger partial charge on any atom is 0.352 e. The Morgan fingerprint density at radius 2 is 2.15 bits per heavy atom. The quantitative estimate of drug-likeness (QED) is 0.439. The highest BCUT2D eigenvalue weighted by Crippen LogP contribution is 2.40. The summed E-state index contributed by atoms with van der Waals surface area (Å²) in [6, 6.07) is 4.94. The zero-order valence-electron chi connectivity index (χ0n) is 13.6. The van der Waals surface area contributed by atoms with Gasteiger partial charge in [-0.2, -0.15) is 0 Å². The Morgan fingerprint density at radius 3 is 2.73 bits per heavy atom. The van der Waals surface area contributed by atoms with Gasteiger partial charge in [0.05, 0.1) is 17.0 Å². The molecule has 1 amide bonds. The molecule has 1 fully saturated rings. The van der Waals surface area contributed by atoms with Gasteiger partial charge in [-0.15, -0.1) is 0 Å². The predicted octanol–water partition coefficient (Wildman–Crippen LogP) is -0.0365. The van der Waals surface area contributed by atoms with E-state index in [1.165, 1.54) is 12.3 Å². The SMILES string of the molecule is CC(=O)OCC1=C(C(=O)O)N2C(=O)C(=Cc3ccccn3)C2S(=O)(=O)C1. The Labute approximate surface area is 148 Å². The summed E-state index contributed by atoms with van der Waals surface area (Å²) in [6.07, 6.45) is 2.82. The zero-order chi connectivity index (χ0) is 19.1. The molecule has 10 heteroatoms. The van der Waals surface area contributed by atoms with Crippen molar-refractivity contribution in [1.29, 1.82) is 0 Å². The van der Waals surface area contributed by atoms with Gasteiger partial charge in [0.25, 0.3) is 5.91 Å². The second-order valence-electron chi connectivity index (χ2n) is 5.73. The van der Waals surface area contributed by atoms with Gasteiger partial charge in [-0.05, 0) is 18.2 Å². The number of aromatic nitrogens is 1. The van der Waals surface area contributed by atoms with Crippen LogP contribution in [0, 0.1) is 0 Å². The minimum atomic E-state index is -3.89. The predicted molar refractivity (Wildman–Crippen MR) is 87.9 cm³/mol. The monoisotopic (exact) mass is 378 g/mol. The molecule has 0 radical (unpaired) electrons. The average molecular weight is 378 g/mol. The third-order valence-corrected chi connectivity index (χ3v) is 5.80. The Kier molecular flexibility index (Phi) is 4.36. The number of carboxylic acid groups (broad SMARTS) is 1. The van der Waals surface area contributed by atoms with Crippen LogP contribution in [0.1, 0.15) is 12.6 Å². The third-order valence-electron chi connectivity index (χ3n) is 3.90. The lowest BCUT2D eigenvalue weighted by molar-refractivity contribution is -0.143. The van der Waals surface area contributed by atoms with E-state index in [1.807, 2.05) is 0 Å². The number of β-lactam (4-membered cyclic amide) rings is 1. The number of carboxylic acids is 1. The largest absolute Gasteiger partial charge is 0.477 e. The first kappa shape index (κ1) is 17.8. The minimum absolute atomic E-state index is 0.0472. The van der Waals surface area contributed by atoms with Crippen LogP contribution in [-0.2, 0) is 29.0 Å². The number of carbonyl (C=O) groups is 3. The van der Waals surface area contributed by atoms with Crippen molar-refractivity contribution in [2.24, 2.45) is 0 Å². The lowest BCUT2D eigenvalue weighted by Crippen LogP contribution is -2.62. The molecule has 2 aliphatic rings. The van der Waals surface area contributed by atoms with Crippen LogP contribution >= 0.6 is 0 Å². The van der Waals surface area contributed by atoms with Crippen molar-refractivity contribution in [3.8, 4) is 0 Å². The summed E-state index contributed by atoms with van der Waals surface area (Å²) in [4.78, 5) is 39.7. The van der Waals surface area contributed by atoms with Crippen LogP contribution in [0.25, 0.3) is 6.08 Å². The molecule has 0 saturated carbocycles. The van der Waals surface area contributed by atoms with E-state index in [0.717, 1.165) is 11.8 Å². The second-order valence-corrected chi connectivity index (χ2v) is 7.79. The number of amides is 1. The topological polar surface area (TPSA) is 131 Å². The number of rotatable bonds is 4. The number of hydrogen-bond acceptors (Lipinski definition) is 7. The molecular weight excluding hydrogens is 364 g/mol. The van der Waals surface area contributed by atoms with Crippen molar-refractivity contribution in [2.45, 2.75) is 12.3 Å². The first-order valence-corrected chi connectivity index (χ1v) is 9.20. The Bertz CT molecular complexity index is 964. The van der Waals surface area contributed by atoms with Crippen molar-refractivity contribution < 1.29 is 32.6 Å². The maximum absolute atomic E-state index is 12.6. The molecule has 1 unspecified atom stereocenters. The number of esters is 1. The van der Waals surface area contributed by atoms with Crippen molar-refractivity contribution in [3.63, 3.8) is 0 Å². The van der Waals surface area contributed by atoms with Crippen LogP contribution in [0.3, 0.4) is 0 Å². The summed E-state index contributed by atoms with van der Waals surface area (Å²) in [5, 5.41) is 8.06. The van der Waals surface area contributed by atoms with Crippen LogP contribution in [0.2, 0.25) is 0 Å². The molecule has 0 aliphatic carbocycles. The normalized spacial score (nSPS) is 22.7. The maximum atomic E-state index is 12.6. The fourth-order valence-corrected chi connectivity index (χ4v) is 4.81. The van der Waals surface area contributed by atoms with Gasteiger partial charge in [-0.1, -0.05) is 6.07 Å². The lowest BCUT2D eigenvalue weighted by atomic mass is 10.0. The van der Waals surface area contributed by atoms with E-state index in [2.05, 4.69) is 4.98 Å². The molecule has 136 valence electrons. The summed E-state index contributed by atoms with van der Waals surface area (Å²) in [7, 11) is -3.89. The van der Waals surface area contributed by atoms with E-state index in [4.69, 9.17) is 4.74 Å². The summed E-state index contributed by atoms with van der Waals surface area (Å²) >= 11 is 0. The molecule has 1 aromatic rings. The highest BCUT2D eigenvalue weighted by molar-refractivity contribution is 7.92. The molecule has 2 aliphatic heterocycles. The van der Waals surface area contributed by atoms with Gasteiger partial charge in [-0.25, -0.2) is 13.2 Å². The molecule has 9 nitrogen and oxygen atoms in total.